The minimum Gasteiger partial charge on any atom is -0.479 e. The Morgan fingerprint density at radius 2 is 2.10 bits per heavy atom. The number of nitrogens with zero attached hydrogens (tertiary/aromatic N) is 4. The molecule has 0 amide bonds. The number of aromatic nitrogens is 4. The zero-order valence-electron chi connectivity index (χ0n) is 15.8. The van der Waals surface area contributed by atoms with E-state index in [2.05, 4.69) is 20.0 Å². The molecule has 30 heavy (non-hydrogen) atoms. The number of rotatable bonds is 4. The fourth-order valence-corrected chi connectivity index (χ4v) is 2.80. The van der Waals surface area contributed by atoms with Gasteiger partial charge in [-0.2, -0.15) is 13.9 Å². The van der Waals surface area contributed by atoms with E-state index in [1.807, 2.05) is 13.8 Å². The number of carboxylic acid groups (broad SMARTS) is 1. The molecule has 0 radical (unpaired) electrons. The summed E-state index contributed by atoms with van der Waals surface area (Å²) in [5, 5.41) is 26.2. The van der Waals surface area contributed by atoms with Crippen LogP contribution < -0.4 is 5.73 Å². The van der Waals surface area contributed by atoms with Gasteiger partial charge in [0.25, 0.3) is 0 Å². The number of carboxylic acids is 1. The molecule has 0 bridgehead atoms. The smallest absolute Gasteiger partial charge is 0.394 e. The number of carbonyl (C=O) groups is 1. The monoisotopic (exact) mass is 429 g/mol. The van der Waals surface area contributed by atoms with E-state index in [-0.39, 0.29) is 17.6 Å². The lowest BCUT2D eigenvalue weighted by molar-refractivity contribution is -0.436. The minimum atomic E-state index is -3.73. The Labute approximate surface area is 167 Å². The second kappa shape index (κ2) is 7.57. The number of ether oxygens (including phenoxy) is 1. The summed E-state index contributed by atoms with van der Waals surface area (Å²) in [6.07, 6.45) is -2.17. The maximum atomic E-state index is 13.5. The molecule has 0 saturated carbocycles. The summed E-state index contributed by atoms with van der Waals surface area (Å²) in [5.41, 5.74) is 4.68. The quantitative estimate of drug-likeness (QED) is 0.566. The van der Waals surface area contributed by atoms with Crippen molar-refractivity contribution >= 4 is 22.7 Å². The van der Waals surface area contributed by atoms with Crippen LogP contribution in [-0.2, 0) is 15.1 Å². The van der Waals surface area contributed by atoms with Gasteiger partial charge in [0.05, 0.1) is 17.5 Å². The Hall–Kier alpha value is -3.19. The number of pyridine rings is 1. The summed E-state index contributed by atoms with van der Waals surface area (Å²) in [5.74, 6) is -1.57. The Morgan fingerprint density at radius 3 is 2.60 bits per heavy atom. The van der Waals surface area contributed by atoms with Gasteiger partial charge in [-0.15, -0.1) is 0 Å². The molecule has 4 rings (SSSR count). The molecule has 1 aliphatic heterocycles. The molecule has 1 atom stereocenters. The van der Waals surface area contributed by atoms with Gasteiger partial charge in [0.2, 0.25) is 5.60 Å². The third-order valence-corrected chi connectivity index (χ3v) is 4.36. The molecule has 0 spiro atoms. The Kier molecular flexibility index (Phi) is 5.43. The highest BCUT2D eigenvalue weighted by molar-refractivity contribution is 5.99. The lowest BCUT2D eigenvalue weighted by Crippen LogP contribution is -2.60. The number of nitrogens with two attached hydrogens (primary N) is 1. The van der Waals surface area contributed by atoms with Gasteiger partial charge in [0, 0.05) is 18.3 Å². The molecule has 4 heterocycles. The zero-order chi connectivity index (χ0) is 22.3. The van der Waals surface area contributed by atoms with Crippen molar-refractivity contribution in [3.8, 4) is 11.4 Å². The largest absolute Gasteiger partial charge is 0.479 e. The highest BCUT2D eigenvalue weighted by Crippen LogP contribution is 2.48. The molecule has 3 aromatic heterocycles. The average molecular weight is 429 g/mol. The summed E-state index contributed by atoms with van der Waals surface area (Å²) in [6.45, 7) is 2.02. The van der Waals surface area contributed by atoms with Crippen molar-refractivity contribution < 1.29 is 37.4 Å². The first-order valence-electron chi connectivity index (χ1n) is 8.64. The molecule has 162 valence electrons. The van der Waals surface area contributed by atoms with Crippen LogP contribution in [0.2, 0.25) is 0 Å². The zero-order valence-corrected chi connectivity index (χ0v) is 15.8. The van der Waals surface area contributed by atoms with Crippen molar-refractivity contribution in [1.29, 1.82) is 0 Å². The number of halogens is 3. The van der Waals surface area contributed by atoms with Crippen LogP contribution >= 0.6 is 0 Å². The van der Waals surface area contributed by atoms with E-state index in [1.165, 1.54) is 6.07 Å². The van der Waals surface area contributed by atoms with E-state index < -0.39 is 36.7 Å². The van der Waals surface area contributed by atoms with Gasteiger partial charge < -0.3 is 25.2 Å². The number of alkyl halides is 3. The lowest BCUT2D eigenvalue weighted by atomic mass is 9.95. The predicted molar refractivity (Wildman–Crippen MR) is 96.2 cm³/mol. The summed E-state index contributed by atoms with van der Waals surface area (Å²) in [4.78, 5) is 13.0. The predicted octanol–water partition coefficient (Wildman–Crippen LogP) is 2.10. The average Bonchev–Trinajstić information content (AvgIpc) is 3.32. The van der Waals surface area contributed by atoms with E-state index in [4.69, 9.17) is 20.2 Å². The molecule has 0 aliphatic carbocycles. The van der Waals surface area contributed by atoms with Crippen molar-refractivity contribution in [3.05, 3.63) is 24.1 Å². The molecular weight excluding hydrogens is 411 g/mol. The maximum Gasteiger partial charge on any atom is 0.394 e. The number of hydrogen-bond donors (Lipinski definition) is 3. The highest BCUT2D eigenvalue weighted by Gasteiger charge is 2.67. The second-order valence-electron chi connectivity index (χ2n) is 6.75. The first kappa shape index (κ1) is 21.5. The third kappa shape index (κ3) is 3.45. The minimum absolute atomic E-state index is 0.0259. The van der Waals surface area contributed by atoms with Crippen LogP contribution in [0.15, 0.2) is 22.9 Å². The highest BCUT2D eigenvalue weighted by atomic mass is 19.3. The normalized spacial score (nSPS) is 20.0. The van der Waals surface area contributed by atoms with Crippen molar-refractivity contribution in [2.45, 2.75) is 31.6 Å². The van der Waals surface area contributed by atoms with E-state index in [0.29, 0.717) is 11.1 Å². The molecule has 1 unspecified atom stereocenters. The number of aliphatic carboxylic acids is 1. The van der Waals surface area contributed by atoms with Crippen molar-refractivity contribution in [1.82, 2.24) is 19.9 Å². The van der Waals surface area contributed by atoms with Crippen LogP contribution in [0.5, 0.6) is 0 Å². The van der Waals surface area contributed by atoms with Crippen LogP contribution in [0.25, 0.3) is 22.3 Å². The molecule has 0 aromatic carbocycles. The SMILES string of the molecule is CC(C)n1nc(-c2cc(C3(O)COC3(F)F)on2)c2c(N)nccc21.O=C(O)CF. The Bertz CT molecular complexity index is 1080. The molecule has 10 nitrogen and oxygen atoms in total. The Morgan fingerprint density at radius 1 is 1.43 bits per heavy atom. The molecule has 4 N–H and O–H groups in total. The van der Waals surface area contributed by atoms with Crippen LogP contribution in [0.3, 0.4) is 0 Å². The van der Waals surface area contributed by atoms with E-state index in [9.17, 15) is 18.3 Å². The number of nitrogen functional groups attached to an aromatic ring is 1. The van der Waals surface area contributed by atoms with Gasteiger partial charge >= 0.3 is 12.1 Å². The van der Waals surface area contributed by atoms with Gasteiger partial charge in [-0.25, -0.2) is 14.2 Å². The summed E-state index contributed by atoms with van der Waals surface area (Å²) in [7, 11) is 0. The van der Waals surface area contributed by atoms with E-state index in [0.717, 1.165) is 5.52 Å². The first-order chi connectivity index (χ1) is 14.0. The number of aliphatic hydroxyl groups is 1. The number of anilines is 1. The van der Waals surface area contributed by atoms with E-state index >= 15 is 0 Å². The number of hydrogen-bond acceptors (Lipinski definition) is 8. The second-order valence-corrected chi connectivity index (χ2v) is 6.75. The lowest BCUT2D eigenvalue weighted by Gasteiger charge is -2.41. The topological polar surface area (TPSA) is 150 Å². The summed E-state index contributed by atoms with van der Waals surface area (Å²) < 4.78 is 48.3. The van der Waals surface area contributed by atoms with Gasteiger partial charge in [0.1, 0.15) is 17.2 Å². The van der Waals surface area contributed by atoms with Crippen LogP contribution in [-0.4, -0.2) is 55.5 Å². The fourth-order valence-electron chi connectivity index (χ4n) is 2.80. The summed E-state index contributed by atoms with van der Waals surface area (Å²) in [6, 6.07) is 3.00. The van der Waals surface area contributed by atoms with Crippen molar-refractivity contribution in [3.63, 3.8) is 0 Å². The molecule has 1 aliphatic rings. The third-order valence-electron chi connectivity index (χ3n) is 4.36. The fraction of sp³-hybridized carbons (Fsp3) is 0.412. The number of fused-ring (bicyclic) bond motifs is 1. The molecule has 3 aromatic rings. The summed E-state index contributed by atoms with van der Waals surface area (Å²) >= 11 is 0. The van der Waals surface area contributed by atoms with Crippen molar-refractivity contribution in [2.24, 2.45) is 0 Å². The van der Waals surface area contributed by atoms with Crippen LogP contribution in [0.4, 0.5) is 19.0 Å². The van der Waals surface area contributed by atoms with Gasteiger partial charge in [-0.1, -0.05) is 5.16 Å². The van der Waals surface area contributed by atoms with Crippen molar-refractivity contribution in [2.75, 3.05) is 19.0 Å². The molecule has 13 heteroatoms. The standard InChI is InChI=1S/C15H15F2N5O3.C2H3FO2/c1-7(2)22-9-3-4-19-13(18)11(9)12(20-22)8-5-10(25-21-8)14(23)6-24-15(14,16)17;3-1-2(4)5/h3-5,7,23H,6H2,1-2H3,(H2,18,19);1H2,(H,4,5). The Balaban J connectivity index is 0.000000461. The van der Waals surface area contributed by atoms with E-state index in [1.54, 1.807) is 16.9 Å². The van der Waals surface area contributed by atoms with Gasteiger partial charge in [0.15, 0.2) is 12.4 Å². The molecule has 1 fully saturated rings. The first-order valence-corrected chi connectivity index (χ1v) is 8.64. The van der Waals surface area contributed by atoms with Crippen LogP contribution in [0, 0.1) is 0 Å². The van der Waals surface area contributed by atoms with Gasteiger partial charge in [-0.3, -0.25) is 4.68 Å². The molecular formula is C17H18F3N5O5. The molecule has 1 saturated heterocycles. The van der Waals surface area contributed by atoms with Crippen LogP contribution in [0.1, 0.15) is 25.6 Å². The maximum absolute atomic E-state index is 13.5. The van der Waals surface area contributed by atoms with Gasteiger partial charge in [-0.05, 0) is 19.9 Å².